The molecular formula is C18H20FN3O2S. The minimum Gasteiger partial charge on any atom is -0.454 e. The van der Waals surface area contributed by atoms with Gasteiger partial charge in [-0.3, -0.25) is 4.99 Å². The normalized spacial score (nSPS) is 13.0. The summed E-state index contributed by atoms with van der Waals surface area (Å²) in [6.07, 6.45) is 0. The smallest absolute Gasteiger partial charge is 0.231 e. The van der Waals surface area contributed by atoms with Gasteiger partial charge in [-0.1, -0.05) is 6.07 Å². The number of guanidine groups is 1. The van der Waals surface area contributed by atoms with Gasteiger partial charge < -0.3 is 20.1 Å². The van der Waals surface area contributed by atoms with Crippen LogP contribution in [0, 0.1) is 5.82 Å². The van der Waals surface area contributed by atoms with Gasteiger partial charge in [0.25, 0.3) is 0 Å². The third kappa shape index (κ3) is 5.03. The number of hydrogen-bond donors (Lipinski definition) is 2. The molecule has 25 heavy (non-hydrogen) atoms. The summed E-state index contributed by atoms with van der Waals surface area (Å²) < 4.78 is 23.6. The fourth-order valence-electron chi connectivity index (χ4n) is 2.33. The van der Waals surface area contributed by atoms with Crippen molar-refractivity contribution in [2.75, 3.05) is 26.1 Å². The van der Waals surface area contributed by atoms with Crippen LogP contribution in [0.4, 0.5) is 4.39 Å². The fraction of sp³-hybridized carbons (Fsp3) is 0.278. The Morgan fingerprint density at radius 2 is 1.92 bits per heavy atom. The molecule has 5 nitrogen and oxygen atoms in total. The van der Waals surface area contributed by atoms with Crippen molar-refractivity contribution in [3.8, 4) is 11.5 Å². The first kappa shape index (κ1) is 17.4. The van der Waals surface area contributed by atoms with Gasteiger partial charge in [0.05, 0.1) is 0 Å². The lowest BCUT2D eigenvalue weighted by molar-refractivity contribution is 0.174. The molecule has 1 aliphatic rings. The first-order valence-electron chi connectivity index (χ1n) is 7.96. The number of rotatable bonds is 6. The standard InChI is InChI=1S/C18H20FN3O2S/c1-20-18(21-8-9-25-15-5-3-14(19)4-6-15)22-11-13-2-7-16-17(10-13)24-12-23-16/h2-7,10H,8-9,11-12H2,1H3,(H2,20,21,22). The fourth-order valence-corrected chi connectivity index (χ4v) is 3.09. The van der Waals surface area contributed by atoms with Crippen LogP contribution in [0.25, 0.3) is 0 Å². The zero-order valence-electron chi connectivity index (χ0n) is 13.9. The van der Waals surface area contributed by atoms with Gasteiger partial charge in [0.15, 0.2) is 17.5 Å². The minimum atomic E-state index is -0.212. The Bertz CT molecular complexity index is 738. The average Bonchev–Trinajstić information content (AvgIpc) is 3.10. The third-order valence-corrected chi connectivity index (χ3v) is 4.61. The van der Waals surface area contributed by atoms with E-state index in [2.05, 4.69) is 15.6 Å². The molecule has 0 amide bonds. The Balaban J connectivity index is 1.40. The summed E-state index contributed by atoms with van der Waals surface area (Å²) in [5.41, 5.74) is 1.09. The van der Waals surface area contributed by atoms with Crippen molar-refractivity contribution >= 4 is 17.7 Å². The highest BCUT2D eigenvalue weighted by atomic mass is 32.2. The lowest BCUT2D eigenvalue weighted by Crippen LogP contribution is -2.37. The summed E-state index contributed by atoms with van der Waals surface area (Å²) in [7, 11) is 1.74. The molecule has 1 heterocycles. The zero-order valence-corrected chi connectivity index (χ0v) is 14.7. The predicted octanol–water partition coefficient (Wildman–Crippen LogP) is 3.01. The van der Waals surface area contributed by atoms with Crippen LogP contribution in [-0.2, 0) is 6.54 Å². The molecule has 2 aromatic rings. The number of ether oxygens (including phenoxy) is 2. The molecule has 3 rings (SSSR count). The van der Waals surface area contributed by atoms with Crippen molar-refractivity contribution in [3.63, 3.8) is 0 Å². The summed E-state index contributed by atoms with van der Waals surface area (Å²) in [6, 6.07) is 12.4. The van der Waals surface area contributed by atoms with Crippen molar-refractivity contribution in [2.24, 2.45) is 4.99 Å². The molecule has 2 aromatic carbocycles. The molecule has 0 spiro atoms. The largest absolute Gasteiger partial charge is 0.454 e. The van der Waals surface area contributed by atoms with Gasteiger partial charge in [0.2, 0.25) is 6.79 Å². The Morgan fingerprint density at radius 1 is 1.12 bits per heavy atom. The van der Waals surface area contributed by atoms with Crippen molar-refractivity contribution in [3.05, 3.63) is 53.8 Å². The highest BCUT2D eigenvalue weighted by Crippen LogP contribution is 2.32. The highest BCUT2D eigenvalue weighted by Gasteiger charge is 2.13. The predicted molar refractivity (Wildman–Crippen MR) is 97.9 cm³/mol. The molecule has 0 radical (unpaired) electrons. The van der Waals surface area contributed by atoms with Crippen LogP contribution in [-0.4, -0.2) is 32.1 Å². The second-order valence-electron chi connectivity index (χ2n) is 5.34. The van der Waals surface area contributed by atoms with Crippen LogP contribution < -0.4 is 20.1 Å². The number of nitrogens with one attached hydrogen (secondary N) is 2. The Morgan fingerprint density at radius 3 is 2.72 bits per heavy atom. The molecule has 0 aromatic heterocycles. The van der Waals surface area contributed by atoms with Gasteiger partial charge in [0.1, 0.15) is 5.82 Å². The van der Waals surface area contributed by atoms with E-state index in [0.717, 1.165) is 40.2 Å². The molecule has 0 saturated heterocycles. The first-order valence-corrected chi connectivity index (χ1v) is 8.94. The van der Waals surface area contributed by atoms with E-state index in [0.29, 0.717) is 6.54 Å². The molecule has 0 bridgehead atoms. The van der Waals surface area contributed by atoms with Crippen LogP contribution in [0.15, 0.2) is 52.4 Å². The molecule has 0 fully saturated rings. The average molecular weight is 361 g/mol. The van der Waals surface area contributed by atoms with E-state index in [1.807, 2.05) is 18.2 Å². The maximum atomic E-state index is 12.9. The summed E-state index contributed by atoms with van der Waals surface area (Å²) in [5, 5.41) is 6.53. The van der Waals surface area contributed by atoms with Gasteiger partial charge in [-0.15, -0.1) is 11.8 Å². The van der Waals surface area contributed by atoms with Crippen molar-refractivity contribution < 1.29 is 13.9 Å². The Labute approximate surface area is 150 Å². The molecule has 0 saturated carbocycles. The van der Waals surface area contributed by atoms with Crippen LogP contribution in [0.1, 0.15) is 5.56 Å². The minimum absolute atomic E-state index is 0.212. The van der Waals surface area contributed by atoms with E-state index >= 15 is 0 Å². The molecule has 2 N–H and O–H groups in total. The van der Waals surface area contributed by atoms with Crippen molar-refractivity contribution in [1.82, 2.24) is 10.6 Å². The summed E-state index contributed by atoms with van der Waals surface area (Å²) in [6.45, 7) is 1.67. The van der Waals surface area contributed by atoms with Crippen LogP contribution >= 0.6 is 11.8 Å². The van der Waals surface area contributed by atoms with E-state index in [4.69, 9.17) is 9.47 Å². The van der Waals surface area contributed by atoms with Gasteiger partial charge in [-0.2, -0.15) is 0 Å². The molecule has 132 valence electrons. The molecular weight excluding hydrogens is 341 g/mol. The Hall–Kier alpha value is -2.41. The molecule has 1 aliphatic heterocycles. The second kappa shape index (κ2) is 8.62. The number of thioether (sulfide) groups is 1. The second-order valence-corrected chi connectivity index (χ2v) is 6.51. The van der Waals surface area contributed by atoms with E-state index < -0.39 is 0 Å². The lowest BCUT2D eigenvalue weighted by Gasteiger charge is -2.12. The summed E-state index contributed by atoms with van der Waals surface area (Å²) in [4.78, 5) is 5.26. The molecule has 0 aliphatic carbocycles. The number of halogens is 1. The first-order chi connectivity index (χ1) is 12.2. The molecule has 7 heteroatoms. The van der Waals surface area contributed by atoms with Crippen molar-refractivity contribution in [1.29, 1.82) is 0 Å². The van der Waals surface area contributed by atoms with Crippen molar-refractivity contribution in [2.45, 2.75) is 11.4 Å². The van der Waals surface area contributed by atoms with E-state index in [1.54, 1.807) is 30.9 Å². The highest BCUT2D eigenvalue weighted by molar-refractivity contribution is 7.99. The lowest BCUT2D eigenvalue weighted by atomic mass is 10.2. The van der Waals surface area contributed by atoms with Crippen LogP contribution in [0.2, 0.25) is 0 Å². The van der Waals surface area contributed by atoms with Crippen LogP contribution in [0.3, 0.4) is 0 Å². The number of fused-ring (bicyclic) bond motifs is 1. The monoisotopic (exact) mass is 361 g/mol. The number of hydrogen-bond acceptors (Lipinski definition) is 4. The quantitative estimate of drug-likeness (QED) is 0.359. The maximum absolute atomic E-state index is 12.9. The zero-order chi connectivity index (χ0) is 17.5. The van der Waals surface area contributed by atoms with Crippen LogP contribution in [0.5, 0.6) is 11.5 Å². The number of nitrogens with zero attached hydrogens (tertiary/aromatic N) is 1. The van der Waals surface area contributed by atoms with Gasteiger partial charge in [-0.05, 0) is 42.0 Å². The number of benzene rings is 2. The van der Waals surface area contributed by atoms with Gasteiger partial charge >= 0.3 is 0 Å². The Kier molecular flexibility index (Phi) is 6.00. The third-order valence-electron chi connectivity index (χ3n) is 3.60. The summed E-state index contributed by atoms with van der Waals surface area (Å²) in [5.74, 6) is 2.94. The van der Waals surface area contributed by atoms with Gasteiger partial charge in [-0.25, -0.2) is 4.39 Å². The van der Waals surface area contributed by atoms with E-state index in [1.165, 1.54) is 12.1 Å². The summed E-state index contributed by atoms with van der Waals surface area (Å²) >= 11 is 1.67. The maximum Gasteiger partial charge on any atom is 0.231 e. The van der Waals surface area contributed by atoms with Gasteiger partial charge in [0, 0.05) is 30.8 Å². The van der Waals surface area contributed by atoms with E-state index in [-0.39, 0.29) is 12.6 Å². The molecule has 0 unspecified atom stereocenters. The van der Waals surface area contributed by atoms with E-state index in [9.17, 15) is 4.39 Å². The number of aliphatic imine (C=N–C) groups is 1. The molecule has 0 atom stereocenters. The SMILES string of the molecule is CN=C(NCCSc1ccc(F)cc1)NCc1ccc2c(c1)OCO2. The topological polar surface area (TPSA) is 54.9 Å².